The van der Waals surface area contributed by atoms with E-state index in [1.165, 1.54) is 19.3 Å². The molecule has 1 aliphatic rings. The molecule has 0 spiro atoms. The molecule has 1 saturated carbocycles. The van der Waals surface area contributed by atoms with Crippen LogP contribution in [0.2, 0.25) is 5.02 Å². The molecule has 1 amide bonds. The molecule has 5 heteroatoms. The van der Waals surface area contributed by atoms with Gasteiger partial charge in [0, 0.05) is 22.0 Å². The van der Waals surface area contributed by atoms with Crippen LogP contribution < -0.4 is 5.32 Å². The molecule has 4 rings (SSSR count). The maximum Gasteiger partial charge on any atom is 0.244 e. The Balaban J connectivity index is 1.69. The summed E-state index contributed by atoms with van der Waals surface area (Å²) in [5.41, 5.74) is 2.79. The largest absolute Gasteiger partial charge is 0.351 e. The number of amides is 1. The second-order valence-corrected chi connectivity index (χ2v) is 8.31. The van der Waals surface area contributed by atoms with Crippen LogP contribution in [-0.2, 0) is 4.79 Å². The van der Waals surface area contributed by atoms with Gasteiger partial charge in [-0.05, 0) is 43.9 Å². The summed E-state index contributed by atoms with van der Waals surface area (Å²) in [6.45, 7) is 4.15. The number of rotatable bonds is 4. The number of nitrogens with one attached hydrogen (secondary N) is 1. The molecule has 28 heavy (non-hydrogen) atoms. The molecule has 146 valence electrons. The maximum absolute atomic E-state index is 13.0. The molecule has 1 aliphatic carbocycles. The van der Waals surface area contributed by atoms with Crippen molar-refractivity contribution in [2.24, 2.45) is 5.92 Å². The Morgan fingerprint density at radius 1 is 1.18 bits per heavy atom. The molecular weight excluding hydrogens is 370 g/mol. The number of carbonyl (C=O) groups excluding carboxylic acids is 1. The van der Waals surface area contributed by atoms with Gasteiger partial charge in [0.05, 0.1) is 5.52 Å². The molecular formula is C23H26ClN3O. The molecule has 0 saturated heterocycles. The minimum Gasteiger partial charge on any atom is -0.351 e. The van der Waals surface area contributed by atoms with Crippen LogP contribution in [0.25, 0.3) is 22.2 Å². The second-order valence-electron chi connectivity index (χ2n) is 7.87. The number of carbonyl (C=O) groups is 1. The monoisotopic (exact) mass is 395 g/mol. The summed E-state index contributed by atoms with van der Waals surface area (Å²) in [5.74, 6) is 0.552. The number of benzene rings is 2. The van der Waals surface area contributed by atoms with E-state index in [9.17, 15) is 4.79 Å². The van der Waals surface area contributed by atoms with Gasteiger partial charge in [0.25, 0.3) is 0 Å². The lowest BCUT2D eigenvalue weighted by Gasteiger charge is -2.30. The molecule has 0 radical (unpaired) electrons. The van der Waals surface area contributed by atoms with Gasteiger partial charge >= 0.3 is 0 Å². The van der Waals surface area contributed by atoms with Crippen molar-refractivity contribution in [3.63, 3.8) is 0 Å². The molecule has 1 fully saturated rings. The van der Waals surface area contributed by atoms with E-state index in [-0.39, 0.29) is 11.9 Å². The van der Waals surface area contributed by atoms with E-state index < -0.39 is 6.04 Å². The second kappa shape index (κ2) is 7.96. The molecule has 1 N–H and O–H groups in total. The topological polar surface area (TPSA) is 46.9 Å². The van der Waals surface area contributed by atoms with Gasteiger partial charge in [-0.3, -0.25) is 9.48 Å². The van der Waals surface area contributed by atoms with Crippen LogP contribution in [0.1, 0.15) is 45.6 Å². The first-order chi connectivity index (χ1) is 13.5. The molecule has 2 aromatic carbocycles. The third-order valence-electron chi connectivity index (χ3n) is 5.90. The standard InChI is InChI=1S/C23H26ClN3O/c1-15-8-6-7-11-20(15)25-23(28)16(2)27-21-13-12-18(24)14-19(21)22(26-27)17-9-4-3-5-10-17/h3-5,9-10,12-16,20H,6-8,11H2,1-2H3,(H,25,28)/t15-,16+,20+/m1/s1. The zero-order chi connectivity index (χ0) is 19.7. The number of fused-ring (bicyclic) bond motifs is 1. The van der Waals surface area contributed by atoms with E-state index in [1.807, 2.05) is 60.1 Å². The fourth-order valence-electron chi connectivity index (χ4n) is 4.16. The van der Waals surface area contributed by atoms with Crippen LogP contribution >= 0.6 is 11.6 Å². The van der Waals surface area contributed by atoms with Crippen LogP contribution in [-0.4, -0.2) is 21.7 Å². The van der Waals surface area contributed by atoms with Gasteiger partial charge < -0.3 is 5.32 Å². The molecule has 0 unspecified atom stereocenters. The lowest BCUT2D eigenvalue weighted by atomic mass is 9.86. The highest BCUT2D eigenvalue weighted by Crippen LogP contribution is 2.32. The van der Waals surface area contributed by atoms with Gasteiger partial charge in [-0.15, -0.1) is 0 Å². The fraction of sp³-hybridized carbons (Fsp3) is 0.391. The van der Waals surface area contributed by atoms with E-state index in [1.54, 1.807) is 0 Å². The van der Waals surface area contributed by atoms with Crippen LogP contribution in [0.4, 0.5) is 0 Å². The summed E-state index contributed by atoms with van der Waals surface area (Å²) >= 11 is 6.26. The average molecular weight is 396 g/mol. The van der Waals surface area contributed by atoms with Gasteiger partial charge in [-0.1, -0.05) is 61.7 Å². The first-order valence-electron chi connectivity index (χ1n) is 10.1. The molecule has 0 aliphatic heterocycles. The van der Waals surface area contributed by atoms with Gasteiger partial charge in [-0.2, -0.15) is 5.10 Å². The normalized spacial score (nSPS) is 20.8. The van der Waals surface area contributed by atoms with E-state index in [0.717, 1.165) is 28.6 Å². The van der Waals surface area contributed by atoms with Crippen molar-refractivity contribution in [1.82, 2.24) is 15.1 Å². The molecule has 0 bridgehead atoms. The van der Waals surface area contributed by atoms with E-state index >= 15 is 0 Å². The lowest BCUT2D eigenvalue weighted by Crippen LogP contribution is -2.43. The van der Waals surface area contributed by atoms with Crippen LogP contribution in [0, 0.1) is 5.92 Å². The van der Waals surface area contributed by atoms with Gasteiger partial charge in [0.1, 0.15) is 11.7 Å². The van der Waals surface area contributed by atoms with E-state index in [2.05, 4.69) is 12.2 Å². The average Bonchev–Trinajstić information content (AvgIpc) is 3.08. The highest BCUT2D eigenvalue weighted by atomic mass is 35.5. The summed E-state index contributed by atoms with van der Waals surface area (Å²) in [5, 5.41) is 9.72. The van der Waals surface area contributed by atoms with E-state index in [4.69, 9.17) is 16.7 Å². The summed E-state index contributed by atoms with van der Waals surface area (Å²) in [6, 6.07) is 15.6. The van der Waals surface area contributed by atoms with Gasteiger partial charge in [-0.25, -0.2) is 0 Å². The number of hydrogen-bond acceptors (Lipinski definition) is 2. The van der Waals surface area contributed by atoms with Crippen molar-refractivity contribution in [2.45, 2.75) is 51.6 Å². The number of aromatic nitrogens is 2. The smallest absolute Gasteiger partial charge is 0.244 e. The molecule has 3 atom stereocenters. The minimum atomic E-state index is -0.393. The van der Waals surface area contributed by atoms with Crippen molar-refractivity contribution in [3.8, 4) is 11.3 Å². The molecule has 4 nitrogen and oxygen atoms in total. The van der Waals surface area contributed by atoms with Crippen molar-refractivity contribution in [2.75, 3.05) is 0 Å². The van der Waals surface area contributed by atoms with E-state index in [0.29, 0.717) is 10.9 Å². The summed E-state index contributed by atoms with van der Waals surface area (Å²) in [4.78, 5) is 13.0. The number of hydrogen-bond donors (Lipinski definition) is 1. The van der Waals surface area contributed by atoms with Crippen molar-refractivity contribution in [3.05, 3.63) is 53.6 Å². The first kappa shape index (κ1) is 19.0. The lowest BCUT2D eigenvalue weighted by molar-refractivity contribution is -0.125. The predicted molar refractivity (Wildman–Crippen MR) is 114 cm³/mol. The van der Waals surface area contributed by atoms with Crippen LogP contribution in [0.15, 0.2) is 48.5 Å². The molecule has 1 heterocycles. The quantitative estimate of drug-likeness (QED) is 0.623. The SMILES string of the molecule is C[C@@H]1CCCC[C@@H]1NC(=O)[C@H](C)n1nc(-c2ccccc2)c2cc(Cl)ccc21. The summed E-state index contributed by atoms with van der Waals surface area (Å²) in [7, 11) is 0. The fourth-order valence-corrected chi connectivity index (χ4v) is 4.33. The highest BCUT2D eigenvalue weighted by Gasteiger charge is 2.27. The minimum absolute atomic E-state index is 0.0257. The number of nitrogens with zero attached hydrogens (tertiary/aromatic N) is 2. The van der Waals surface area contributed by atoms with Crippen molar-refractivity contribution in [1.29, 1.82) is 0 Å². The Hall–Kier alpha value is -2.33. The Morgan fingerprint density at radius 2 is 1.93 bits per heavy atom. The molecule has 1 aromatic heterocycles. The Kier molecular flexibility index (Phi) is 5.40. The summed E-state index contributed by atoms with van der Waals surface area (Å²) < 4.78 is 1.83. The zero-order valence-corrected chi connectivity index (χ0v) is 17.1. The maximum atomic E-state index is 13.0. The van der Waals surface area contributed by atoms with Crippen molar-refractivity contribution >= 4 is 28.4 Å². The van der Waals surface area contributed by atoms with Crippen molar-refractivity contribution < 1.29 is 4.79 Å². The van der Waals surface area contributed by atoms with Crippen LogP contribution in [0.3, 0.4) is 0 Å². The Morgan fingerprint density at radius 3 is 2.68 bits per heavy atom. The Bertz CT molecular complexity index is 982. The highest BCUT2D eigenvalue weighted by molar-refractivity contribution is 6.31. The molecule has 3 aromatic rings. The van der Waals surface area contributed by atoms with Gasteiger partial charge in [0.15, 0.2) is 0 Å². The zero-order valence-electron chi connectivity index (χ0n) is 16.4. The first-order valence-corrected chi connectivity index (χ1v) is 10.5. The summed E-state index contributed by atoms with van der Waals surface area (Å²) in [6.07, 6.45) is 4.68. The van der Waals surface area contributed by atoms with Crippen LogP contribution in [0.5, 0.6) is 0 Å². The predicted octanol–water partition coefficient (Wildman–Crippen LogP) is 5.61. The third kappa shape index (κ3) is 3.66. The Labute approximate surface area is 170 Å². The van der Waals surface area contributed by atoms with Gasteiger partial charge in [0.2, 0.25) is 5.91 Å². The third-order valence-corrected chi connectivity index (χ3v) is 6.14. The number of halogens is 1.